The highest BCUT2D eigenvalue weighted by atomic mass is 16.5. The number of pyridine rings is 2. The van der Waals surface area contributed by atoms with Crippen molar-refractivity contribution in [2.45, 2.75) is 80.3 Å². The van der Waals surface area contributed by atoms with E-state index in [1.54, 1.807) is 6.20 Å². The van der Waals surface area contributed by atoms with E-state index >= 15 is 0 Å². The number of nitrogens with one attached hydrogen (secondary N) is 1. The molecule has 1 atom stereocenters. The van der Waals surface area contributed by atoms with Gasteiger partial charge in [-0.25, -0.2) is 4.98 Å². The van der Waals surface area contributed by atoms with Crippen LogP contribution in [0.1, 0.15) is 79.8 Å². The molecule has 0 aliphatic carbocycles. The first-order valence-corrected chi connectivity index (χ1v) is 12.2. The van der Waals surface area contributed by atoms with Crippen LogP contribution in [-0.2, 0) is 9.53 Å². The maximum atomic E-state index is 12.1. The highest BCUT2D eigenvalue weighted by Gasteiger charge is 2.26. The van der Waals surface area contributed by atoms with Crippen molar-refractivity contribution >= 4 is 28.1 Å². The van der Waals surface area contributed by atoms with Crippen molar-refractivity contribution < 1.29 is 9.53 Å². The lowest BCUT2D eigenvalue weighted by Gasteiger charge is -2.24. The van der Waals surface area contributed by atoms with E-state index in [2.05, 4.69) is 56.2 Å². The van der Waals surface area contributed by atoms with E-state index in [0.29, 0.717) is 12.4 Å². The van der Waals surface area contributed by atoms with Crippen LogP contribution in [0, 0.1) is 0 Å². The third-order valence-electron chi connectivity index (χ3n) is 5.82. The molecule has 2 aromatic heterocycles. The number of hydrogen-bond donors (Lipinski definition) is 1. The van der Waals surface area contributed by atoms with E-state index in [4.69, 9.17) is 9.72 Å². The Bertz CT molecular complexity index is 1050. The first kappa shape index (κ1) is 26.5. The number of nitrogens with zero attached hydrogens (tertiary/aromatic N) is 2. The SMILES string of the molecule is CC.C\C=C(/C(C)=C\C(CCC)=C(/C)CC)c1cc2cnc(NC(=O)C3CCO3)cc2cn1. The summed E-state index contributed by atoms with van der Waals surface area (Å²) in [4.78, 5) is 21.2. The van der Waals surface area contributed by atoms with Crippen LogP contribution in [0.3, 0.4) is 0 Å². The van der Waals surface area contributed by atoms with Gasteiger partial charge in [0.25, 0.3) is 5.91 Å². The van der Waals surface area contributed by atoms with Gasteiger partial charge in [-0.2, -0.15) is 0 Å². The minimum Gasteiger partial charge on any atom is -0.368 e. The molecule has 33 heavy (non-hydrogen) atoms. The monoisotopic (exact) mass is 449 g/mol. The average molecular weight is 450 g/mol. The number of amides is 1. The Labute approximate surface area is 199 Å². The third-order valence-corrected chi connectivity index (χ3v) is 5.82. The molecular formula is C28H39N3O2. The fourth-order valence-electron chi connectivity index (χ4n) is 3.72. The van der Waals surface area contributed by atoms with Crippen molar-refractivity contribution in [2.75, 3.05) is 11.9 Å². The zero-order valence-electron chi connectivity index (χ0n) is 21.3. The van der Waals surface area contributed by atoms with Gasteiger partial charge in [-0.05, 0) is 62.5 Å². The van der Waals surface area contributed by atoms with Crippen LogP contribution in [0.25, 0.3) is 16.3 Å². The molecule has 1 aliphatic heterocycles. The third kappa shape index (κ3) is 6.84. The van der Waals surface area contributed by atoms with Gasteiger partial charge in [-0.1, -0.05) is 51.8 Å². The Morgan fingerprint density at radius 2 is 1.82 bits per heavy atom. The predicted octanol–water partition coefficient (Wildman–Crippen LogP) is 7.26. The Morgan fingerprint density at radius 3 is 2.39 bits per heavy atom. The predicted molar refractivity (Wildman–Crippen MR) is 139 cm³/mol. The number of allylic oxidation sites excluding steroid dienone is 6. The maximum absolute atomic E-state index is 12.1. The number of anilines is 1. The number of aromatic nitrogens is 2. The van der Waals surface area contributed by atoms with E-state index in [1.165, 1.54) is 16.7 Å². The molecule has 0 bridgehead atoms. The fourth-order valence-corrected chi connectivity index (χ4v) is 3.72. The van der Waals surface area contributed by atoms with Crippen molar-refractivity contribution in [3.63, 3.8) is 0 Å². The van der Waals surface area contributed by atoms with E-state index in [1.807, 2.05) is 33.0 Å². The largest absolute Gasteiger partial charge is 0.368 e. The summed E-state index contributed by atoms with van der Waals surface area (Å²) in [5.41, 5.74) is 6.12. The first-order valence-electron chi connectivity index (χ1n) is 12.2. The molecule has 3 heterocycles. The molecule has 1 amide bonds. The number of carbonyl (C=O) groups excluding carboxylic acids is 1. The molecule has 5 heteroatoms. The molecule has 2 aromatic rings. The highest BCUT2D eigenvalue weighted by Crippen LogP contribution is 2.28. The van der Waals surface area contributed by atoms with Gasteiger partial charge in [-0.3, -0.25) is 9.78 Å². The molecular weight excluding hydrogens is 410 g/mol. The molecule has 1 fully saturated rings. The number of carbonyl (C=O) groups is 1. The van der Waals surface area contributed by atoms with Crippen molar-refractivity contribution in [1.82, 2.24) is 9.97 Å². The van der Waals surface area contributed by atoms with Gasteiger partial charge in [0, 0.05) is 29.6 Å². The lowest BCUT2D eigenvalue weighted by molar-refractivity contribution is -0.139. The van der Waals surface area contributed by atoms with E-state index in [-0.39, 0.29) is 12.0 Å². The molecule has 0 aromatic carbocycles. The second-order valence-corrected chi connectivity index (χ2v) is 8.06. The van der Waals surface area contributed by atoms with Gasteiger partial charge in [-0.15, -0.1) is 0 Å². The Kier molecular flexibility index (Phi) is 10.5. The molecule has 1 N–H and O–H groups in total. The van der Waals surface area contributed by atoms with Gasteiger partial charge < -0.3 is 10.1 Å². The molecule has 1 aliphatic rings. The number of fused-ring (bicyclic) bond motifs is 1. The van der Waals surface area contributed by atoms with Crippen LogP contribution in [0.15, 0.2) is 53.4 Å². The summed E-state index contributed by atoms with van der Waals surface area (Å²) < 4.78 is 5.23. The molecule has 3 rings (SSSR count). The van der Waals surface area contributed by atoms with Crippen molar-refractivity contribution in [1.29, 1.82) is 0 Å². The van der Waals surface area contributed by atoms with Gasteiger partial charge >= 0.3 is 0 Å². The van der Waals surface area contributed by atoms with Gasteiger partial charge in [0.1, 0.15) is 11.9 Å². The average Bonchev–Trinajstić information content (AvgIpc) is 2.79. The number of ether oxygens (including phenoxy) is 1. The highest BCUT2D eigenvalue weighted by molar-refractivity contribution is 5.96. The summed E-state index contributed by atoms with van der Waals surface area (Å²) in [6.45, 7) is 15.5. The Hall–Kier alpha value is -2.79. The van der Waals surface area contributed by atoms with Crippen molar-refractivity contribution in [2.24, 2.45) is 0 Å². The first-order chi connectivity index (χ1) is 16.0. The summed E-state index contributed by atoms with van der Waals surface area (Å²) in [5.74, 6) is 0.382. The molecule has 178 valence electrons. The summed E-state index contributed by atoms with van der Waals surface area (Å²) in [6, 6.07) is 3.92. The van der Waals surface area contributed by atoms with Crippen LogP contribution < -0.4 is 5.32 Å². The maximum Gasteiger partial charge on any atom is 0.254 e. The van der Waals surface area contributed by atoms with Gasteiger partial charge in [0.05, 0.1) is 12.3 Å². The van der Waals surface area contributed by atoms with Crippen molar-refractivity contribution in [3.05, 3.63) is 59.1 Å². The summed E-state index contributed by atoms with van der Waals surface area (Å²) in [6.07, 6.45) is 11.7. The van der Waals surface area contributed by atoms with Crippen molar-refractivity contribution in [3.8, 4) is 0 Å². The van der Waals surface area contributed by atoms with E-state index in [9.17, 15) is 4.79 Å². The molecule has 0 radical (unpaired) electrons. The van der Waals surface area contributed by atoms with E-state index < -0.39 is 0 Å². The quantitative estimate of drug-likeness (QED) is 0.431. The van der Waals surface area contributed by atoms with Crippen LogP contribution in [0.2, 0.25) is 0 Å². The zero-order chi connectivity index (χ0) is 24.4. The molecule has 1 saturated heterocycles. The van der Waals surface area contributed by atoms with Gasteiger partial charge in [0.2, 0.25) is 0 Å². The second-order valence-electron chi connectivity index (χ2n) is 8.06. The Morgan fingerprint density at radius 1 is 1.15 bits per heavy atom. The lowest BCUT2D eigenvalue weighted by Crippen LogP contribution is -2.39. The smallest absolute Gasteiger partial charge is 0.254 e. The minimum atomic E-state index is -0.354. The lowest BCUT2D eigenvalue weighted by atomic mass is 9.95. The minimum absolute atomic E-state index is 0.141. The standard InChI is InChI=1S/C26H33N3O2.C2H6/c1-6-9-19(17(4)7-2)12-18(5)22(8-3)23-13-20-16-28-25(14-21(20)15-27-23)29-26(30)24-10-11-31-24;1-2/h8,12-16,24H,6-7,9-11H2,1-5H3,(H,28,29,30);1-2H3/b18-12-,19-17+,22-8+;. The second kappa shape index (κ2) is 13.0. The summed E-state index contributed by atoms with van der Waals surface area (Å²) >= 11 is 0. The normalized spacial score (nSPS) is 17.0. The number of rotatable bonds is 8. The van der Waals surface area contributed by atoms with Gasteiger partial charge in [0.15, 0.2) is 0 Å². The van der Waals surface area contributed by atoms with E-state index in [0.717, 1.165) is 47.7 Å². The molecule has 1 unspecified atom stereocenters. The van der Waals surface area contributed by atoms with Crippen LogP contribution in [0.4, 0.5) is 5.82 Å². The summed E-state index contributed by atoms with van der Waals surface area (Å²) in [5, 5.41) is 4.75. The topological polar surface area (TPSA) is 64.1 Å². The molecule has 0 spiro atoms. The fraction of sp³-hybridized carbons (Fsp3) is 0.464. The molecule has 0 saturated carbocycles. The zero-order valence-corrected chi connectivity index (χ0v) is 21.3. The molecule has 5 nitrogen and oxygen atoms in total. The van der Waals surface area contributed by atoms with Crippen LogP contribution in [-0.4, -0.2) is 28.6 Å². The number of hydrogen-bond acceptors (Lipinski definition) is 4. The van der Waals surface area contributed by atoms with Crippen LogP contribution >= 0.6 is 0 Å². The Balaban J connectivity index is 0.00000187. The summed E-state index contributed by atoms with van der Waals surface area (Å²) in [7, 11) is 0. The van der Waals surface area contributed by atoms with Crippen LogP contribution in [0.5, 0.6) is 0 Å².